The lowest BCUT2D eigenvalue weighted by atomic mass is 9.87. The Labute approximate surface area is 137 Å². The molecule has 0 aliphatic heterocycles. The van der Waals surface area contributed by atoms with Crippen molar-refractivity contribution in [1.82, 2.24) is 0 Å². The fraction of sp³-hybridized carbons (Fsp3) is 0.368. The summed E-state index contributed by atoms with van der Waals surface area (Å²) >= 11 is 7.82. The average Bonchev–Trinajstić information content (AvgIpc) is 2.47. The summed E-state index contributed by atoms with van der Waals surface area (Å²) in [6, 6.07) is 17.5. The lowest BCUT2D eigenvalue weighted by Crippen LogP contribution is -2.10. The molecule has 0 unspecified atom stereocenters. The predicted octanol–water partition coefficient (Wildman–Crippen LogP) is 6.16. The molecule has 2 heteroatoms. The van der Waals surface area contributed by atoms with Gasteiger partial charge in [-0.25, -0.2) is 0 Å². The highest BCUT2D eigenvalue weighted by molar-refractivity contribution is 7.97. The number of benzene rings is 2. The van der Waals surface area contributed by atoms with Crippen LogP contribution in [0.4, 0.5) is 0 Å². The quantitative estimate of drug-likeness (QED) is 0.595. The van der Waals surface area contributed by atoms with Gasteiger partial charge in [0.15, 0.2) is 0 Å². The summed E-state index contributed by atoms with van der Waals surface area (Å²) in [5.41, 5.74) is 5.56. The van der Waals surface area contributed by atoms with Crippen molar-refractivity contribution in [2.45, 2.75) is 43.6 Å². The Hall–Kier alpha value is -0.920. The first-order valence-electron chi connectivity index (χ1n) is 7.30. The number of halogens is 1. The lowest BCUT2D eigenvalue weighted by Gasteiger charge is -2.19. The zero-order chi connectivity index (χ0) is 15.3. The maximum atomic E-state index is 5.87. The fourth-order valence-corrected chi connectivity index (χ4v) is 3.30. The second kappa shape index (κ2) is 7.38. The molecular formula is C19H23ClS. The second-order valence-electron chi connectivity index (χ2n) is 6.39. The van der Waals surface area contributed by atoms with Crippen molar-refractivity contribution in [3.8, 4) is 0 Å². The molecule has 0 aliphatic carbocycles. The van der Waals surface area contributed by atoms with E-state index in [1.54, 1.807) is 0 Å². The number of hydrogen-bond acceptors (Lipinski definition) is 1. The predicted molar refractivity (Wildman–Crippen MR) is 96.1 cm³/mol. The average molecular weight is 319 g/mol. The third-order valence-corrected chi connectivity index (χ3v) is 4.89. The monoisotopic (exact) mass is 318 g/mol. The van der Waals surface area contributed by atoms with Gasteiger partial charge in [0.1, 0.15) is 0 Å². The summed E-state index contributed by atoms with van der Waals surface area (Å²) in [7, 11) is 0. The molecule has 0 amide bonds. The molecule has 2 rings (SSSR count). The minimum Gasteiger partial charge on any atom is -0.152 e. The zero-order valence-electron chi connectivity index (χ0n) is 13.0. The first kappa shape index (κ1) is 16.5. The van der Waals surface area contributed by atoms with Gasteiger partial charge in [0, 0.05) is 17.4 Å². The summed E-state index contributed by atoms with van der Waals surface area (Å²) in [4.78, 5) is 0. The van der Waals surface area contributed by atoms with Crippen molar-refractivity contribution in [3.63, 3.8) is 0 Å². The summed E-state index contributed by atoms with van der Waals surface area (Å²) in [6.07, 6.45) is 0. The Morgan fingerprint density at radius 3 is 2.10 bits per heavy atom. The molecule has 2 aromatic rings. The highest BCUT2D eigenvalue weighted by Gasteiger charge is 2.12. The van der Waals surface area contributed by atoms with Crippen LogP contribution in [-0.2, 0) is 22.8 Å². The molecule has 0 heterocycles. The van der Waals surface area contributed by atoms with E-state index in [-0.39, 0.29) is 5.41 Å². The first-order chi connectivity index (χ1) is 9.99. The number of rotatable bonds is 5. The largest absolute Gasteiger partial charge is 0.152 e. The van der Waals surface area contributed by atoms with Crippen LogP contribution in [0.3, 0.4) is 0 Å². The van der Waals surface area contributed by atoms with Gasteiger partial charge in [-0.1, -0.05) is 69.3 Å². The zero-order valence-corrected chi connectivity index (χ0v) is 14.6. The molecule has 0 saturated heterocycles. The molecule has 0 bridgehead atoms. The van der Waals surface area contributed by atoms with Crippen LogP contribution in [0.25, 0.3) is 0 Å². The van der Waals surface area contributed by atoms with Crippen LogP contribution >= 0.6 is 23.4 Å². The highest BCUT2D eigenvalue weighted by Crippen LogP contribution is 2.24. The van der Waals surface area contributed by atoms with Crippen LogP contribution in [-0.4, -0.2) is 0 Å². The SMILES string of the molecule is CC(C)(C)c1ccc(CSCc2cccc(CCl)c2)cc1. The van der Waals surface area contributed by atoms with Crippen molar-refractivity contribution < 1.29 is 0 Å². The van der Waals surface area contributed by atoms with Gasteiger partial charge >= 0.3 is 0 Å². The highest BCUT2D eigenvalue weighted by atomic mass is 35.5. The first-order valence-corrected chi connectivity index (χ1v) is 8.99. The van der Waals surface area contributed by atoms with Crippen LogP contribution in [0.5, 0.6) is 0 Å². The Kier molecular flexibility index (Phi) is 5.78. The van der Waals surface area contributed by atoms with Crippen molar-refractivity contribution in [1.29, 1.82) is 0 Å². The molecule has 21 heavy (non-hydrogen) atoms. The molecule has 112 valence electrons. The molecule has 2 aromatic carbocycles. The van der Waals surface area contributed by atoms with E-state index in [0.29, 0.717) is 5.88 Å². The van der Waals surface area contributed by atoms with Gasteiger partial charge < -0.3 is 0 Å². The van der Waals surface area contributed by atoms with Gasteiger partial charge in [0.2, 0.25) is 0 Å². The fourth-order valence-electron chi connectivity index (χ4n) is 2.19. The van der Waals surface area contributed by atoms with E-state index in [2.05, 4.69) is 69.3 Å². The molecular weight excluding hydrogens is 296 g/mol. The maximum Gasteiger partial charge on any atom is 0.0474 e. The van der Waals surface area contributed by atoms with Gasteiger partial charge in [0.25, 0.3) is 0 Å². The van der Waals surface area contributed by atoms with E-state index in [0.717, 1.165) is 11.5 Å². The molecule has 0 aliphatic rings. The van der Waals surface area contributed by atoms with Gasteiger partial charge in [-0.2, -0.15) is 11.8 Å². The van der Waals surface area contributed by atoms with Gasteiger partial charge in [0.05, 0.1) is 0 Å². The third kappa shape index (κ3) is 5.09. The van der Waals surface area contributed by atoms with Crippen LogP contribution in [0.2, 0.25) is 0 Å². The minimum atomic E-state index is 0.230. The standard InChI is InChI=1S/C19H23ClS/c1-19(2,3)18-9-7-15(8-10-18)13-21-14-17-6-4-5-16(11-17)12-20/h4-11H,12-14H2,1-3H3. The minimum absolute atomic E-state index is 0.230. The Bertz CT molecular complexity index is 567. The van der Waals surface area contributed by atoms with Gasteiger partial charge in [-0.05, 0) is 27.7 Å². The summed E-state index contributed by atoms with van der Waals surface area (Å²) in [5, 5.41) is 0. The van der Waals surface area contributed by atoms with E-state index in [4.69, 9.17) is 11.6 Å². The normalized spacial score (nSPS) is 11.6. The molecule has 0 nitrogen and oxygen atoms in total. The third-order valence-electron chi connectivity index (χ3n) is 3.50. The van der Waals surface area contributed by atoms with Gasteiger partial charge in [-0.3, -0.25) is 0 Å². The molecule has 0 aromatic heterocycles. The Balaban J connectivity index is 1.88. The van der Waals surface area contributed by atoms with Crippen LogP contribution < -0.4 is 0 Å². The molecule has 0 radical (unpaired) electrons. The van der Waals surface area contributed by atoms with Crippen LogP contribution in [0, 0.1) is 0 Å². The number of thioether (sulfide) groups is 1. The second-order valence-corrected chi connectivity index (χ2v) is 7.65. The molecule has 0 spiro atoms. The van der Waals surface area contributed by atoms with Crippen molar-refractivity contribution in [3.05, 3.63) is 70.8 Å². The van der Waals surface area contributed by atoms with Crippen molar-refractivity contribution >= 4 is 23.4 Å². The Morgan fingerprint density at radius 2 is 1.48 bits per heavy atom. The van der Waals surface area contributed by atoms with E-state index >= 15 is 0 Å². The number of hydrogen-bond donors (Lipinski definition) is 0. The van der Waals surface area contributed by atoms with Crippen LogP contribution in [0.15, 0.2) is 48.5 Å². The Morgan fingerprint density at radius 1 is 0.857 bits per heavy atom. The molecule has 0 saturated carbocycles. The molecule has 0 fully saturated rings. The topological polar surface area (TPSA) is 0 Å². The summed E-state index contributed by atoms with van der Waals surface area (Å²) in [5.74, 6) is 2.67. The lowest BCUT2D eigenvalue weighted by molar-refractivity contribution is 0.590. The van der Waals surface area contributed by atoms with Crippen molar-refractivity contribution in [2.24, 2.45) is 0 Å². The summed E-state index contributed by atoms with van der Waals surface area (Å²) < 4.78 is 0. The maximum absolute atomic E-state index is 5.87. The molecule has 0 N–H and O–H groups in total. The van der Waals surface area contributed by atoms with E-state index < -0.39 is 0 Å². The summed E-state index contributed by atoms with van der Waals surface area (Å²) in [6.45, 7) is 6.75. The van der Waals surface area contributed by atoms with E-state index in [9.17, 15) is 0 Å². The number of alkyl halides is 1. The molecule has 0 atom stereocenters. The van der Waals surface area contributed by atoms with Crippen molar-refractivity contribution in [2.75, 3.05) is 0 Å². The smallest absolute Gasteiger partial charge is 0.0474 e. The van der Waals surface area contributed by atoms with Crippen LogP contribution in [0.1, 0.15) is 43.0 Å². The van der Waals surface area contributed by atoms with Gasteiger partial charge in [-0.15, -0.1) is 11.6 Å². The van der Waals surface area contributed by atoms with E-state index in [1.165, 1.54) is 22.3 Å². The van der Waals surface area contributed by atoms with E-state index in [1.807, 2.05) is 11.8 Å².